The second kappa shape index (κ2) is 4.42. The van der Waals surface area contributed by atoms with Crippen LogP contribution in [0.4, 0.5) is 0 Å². The lowest BCUT2D eigenvalue weighted by molar-refractivity contribution is -0.131. The van der Waals surface area contributed by atoms with Crippen molar-refractivity contribution in [2.75, 3.05) is 13.3 Å². The summed E-state index contributed by atoms with van der Waals surface area (Å²) in [7, 11) is 0. The minimum absolute atomic E-state index is 0.0431. The van der Waals surface area contributed by atoms with Gasteiger partial charge in [-0.3, -0.25) is 10.1 Å². The zero-order valence-electron chi connectivity index (χ0n) is 8.39. The summed E-state index contributed by atoms with van der Waals surface area (Å²) in [5.41, 5.74) is 1.16. The molecule has 1 aromatic carbocycles. The van der Waals surface area contributed by atoms with Gasteiger partial charge >= 0.3 is 0 Å². The van der Waals surface area contributed by atoms with E-state index in [1.54, 1.807) is 0 Å². The summed E-state index contributed by atoms with van der Waals surface area (Å²) >= 11 is 0. The number of carbonyl (C=O) groups is 1. The first-order chi connectivity index (χ1) is 7.31. The Hall–Kier alpha value is -1.39. The highest BCUT2D eigenvalue weighted by molar-refractivity contribution is 5.80. The van der Waals surface area contributed by atoms with E-state index in [0.29, 0.717) is 6.54 Å². The van der Waals surface area contributed by atoms with Gasteiger partial charge in [0.25, 0.3) is 0 Å². The lowest BCUT2D eigenvalue weighted by Crippen LogP contribution is -2.39. The van der Waals surface area contributed by atoms with Crippen LogP contribution in [0.3, 0.4) is 0 Å². The Bertz CT molecular complexity index is 340. The second-order valence-corrected chi connectivity index (χ2v) is 3.59. The monoisotopic (exact) mass is 206 g/mol. The maximum atomic E-state index is 11.3. The molecule has 4 heteroatoms. The molecule has 1 amide bonds. The van der Waals surface area contributed by atoms with Gasteiger partial charge < -0.3 is 10.0 Å². The van der Waals surface area contributed by atoms with Crippen molar-refractivity contribution in [3.05, 3.63) is 35.9 Å². The number of nitrogens with one attached hydrogen (secondary N) is 1. The van der Waals surface area contributed by atoms with E-state index >= 15 is 0 Å². The van der Waals surface area contributed by atoms with Crippen LogP contribution in [0, 0.1) is 0 Å². The molecule has 0 aliphatic carbocycles. The fourth-order valence-electron chi connectivity index (χ4n) is 1.79. The van der Waals surface area contributed by atoms with Gasteiger partial charge in [-0.2, -0.15) is 0 Å². The Morgan fingerprint density at radius 1 is 1.40 bits per heavy atom. The molecule has 1 aliphatic heterocycles. The first-order valence-electron chi connectivity index (χ1n) is 4.99. The molecule has 1 unspecified atom stereocenters. The van der Waals surface area contributed by atoms with Crippen molar-refractivity contribution in [1.82, 2.24) is 10.2 Å². The molecule has 1 aliphatic rings. The summed E-state index contributed by atoms with van der Waals surface area (Å²) in [6.07, 6.45) is 0.651. The maximum absolute atomic E-state index is 11.3. The van der Waals surface area contributed by atoms with Crippen molar-refractivity contribution in [2.24, 2.45) is 0 Å². The first kappa shape index (κ1) is 10.1. The highest BCUT2D eigenvalue weighted by Crippen LogP contribution is 2.10. The summed E-state index contributed by atoms with van der Waals surface area (Å²) in [5.74, 6) is -0.0431. The molecule has 2 N–H and O–H groups in total. The van der Waals surface area contributed by atoms with E-state index in [4.69, 9.17) is 5.11 Å². The van der Waals surface area contributed by atoms with Crippen molar-refractivity contribution in [3.8, 4) is 0 Å². The fraction of sp³-hybridized carbons (Fsp3) is 0.364. The highest BCUT2D eigenvalue weighted by Gasteiger charge is 2.29. The molecule has 0 radical (unpaired) electrons. The van der Waals surface area contributed by atoms with E-state index < -0.39 is 0 Å². The summed E-state index contributed by atoms with van der Waals surface area (Å²) < 4.78 is 0. The second-order valence-electron chi connectivity index (χ2n) is 3.59. The van der Waals surface area contributed by atoms with Crippen molar-refractivity contribution in [2.45, 2.75) is 12.6 Å². The third-order valence-electron chi connectivity index (χ3n) is 2.61. The number of benzene rings is 1. The van der Waals surface area contributed by atoms with Crippen LogP contribution in [-0.4, -0.2) is 35.4 Å². The van der Waals surface area contributed by atoms with Gasteiger partial charge in [-0.15, -0.1) is 0 Å². The Labute approximate surface area is 88.5 Å². The zero-order valence-corrected chi connectivity index (χ0v) is 8.39. The molecule has 1 saturated heterocycles. The van der Waals surface area contributed by atoms with E-state index in [0.717, 1.165) is 12.0 Å². The lowest BCUT2D eigenvalue weighted by Gasteiger charge is -2.21. The fourth-order valence-corrected chi connectivity index (χ4v) is 1.79. The van der Waals surface area contributed by atoms with Crippen molar-refractivity contribution < 1.29 is 9.90 Å². The number of carbonyl (C=O) groups excluding carboxylic acids is 1. The van der Waals surface area contributed by atoms with Crippen LogP contribution < -0.4 is 5.32 Å². The van der Waals surface area contributed by atoms with Gasteiger partial charge in [0, 0.05) is 6.42 Å². The Balaban J connectivity index is 2.04. The normalized spacial score (nSPS) is 21.0. The molecule has 15 heavy (non-hydrogen) atoms. The van der Waals surface area contributed by atoms with E-state index in [2.05, 4.69) is 5.32 Å². The number of hydrogen-bond acceptors (Lipinski definition) is 3. The minimum atomic E-state index is -0.219. The lowest BCUT2D eigenvalue weighted by atomic mass is 10.1. The molecule has 0 bridgehead atoms. The quantitative estimate of drug-likeness (QED) is 0.728. The summed E-state index contributed by atoms with van der Waals surface area (Å²) in [4.78, 5) is 12.8. The number of aliphatic hydroxyl groups excluding tert-OH is 1. The van der Waals surface area contributed by atoms with Gasteiger partial charge in [-0.25, -0.2) is 0 Å². The third-order valence-corrected chi connectivity index (χ3v) is 2.61. The van der Waals surface area contributed by atoms with Crippen LogP contribution in [-0.2, 0) is 11.2 Å². The average Bonchev–Trinajstić information content (AvgIpc) is 2.61. The predicted molar refractivity (Wildman–Crippen MR) is 55.9 cm³/mol. The van der Waals surface area contributed by atoms with Crippen molar-refractivity contribution >= 4 is 5.91 Å². The zero-order chi connectivity index (χ0) is 10.7. The molecule has 1 atom stereocenters. The van der Waals surface area contributed by atoms with Crippen molar-refractivity contribution in [1.29, 1.82) is 0 Å². The van der Waals surface area contributed by atoms with Gasteiger partial charge in [-0.05, 0) is 5.56 Å². The molecule has 1 fully saturated rings. The van der Waals surface area contributed by atoms with E-state index in [1.807, 2.05) is 30.3 Å². The van der Waals surface area contributed by atoms with Crippen LogP contribution in [0.5, 0.6) is 0 Å². The summed E-state index contributed by atoms with van der Waals surface area (Å²) in [6, 6.07) is 9.92. The standard InChI is InChI=1S/C11H14N2O2/c14-8-13-10(12-7-11(13)15)6-9-4-2-1-3-5-9/h1-5,10,12,14H,6-8H2. The van der Waals surface area contributed by atoms with Gasteiger partial charge in [0.15, 0.2) is 0 Å². The molecule has 0 aromatic heterocycles. The molecule has 1 aromatic rings. The number of nitrogens with zero attached hydrogens (tertiary/aromatic N) is 1. The molecule has 4 nitrogen and oxygen atoms in total. The van der Waals surface area contributed by atoms with Gasteiger partial charge in [0.1, 0.15) is 6.73 Å². The first-order valence-corrected chi connectivity index (χ1v) is 4.99. The molecular weight excluding hydrogens is 192 g/mol. The van der Waals surface area contributed by atoms with Gasteiger partial charge in [0.05, 0.1) is 12.7 Å². The molecule has 80 valence electrons. The average molecular weight is 206 g/mol. The number of amides is 1. The van der Waals surface area contributed by atoms with Crippen LogP contribution >= 0.6 is 0 Å². The minimum Gasteiger partial charge on any atom is -0.376 e. The third kappa shape index (κ3) is 2.16. The van der Waals surface area contributed by atoms with Gasteiger partial charge in [-0.1, -0.05) is 30.3 Å². The Kier molecular flexibility index (Phi) is 2.99. The van der Waals surface area contributed by atoms with Crippen LogP contribution in [0.15, 0.2) is 30.3 Å². The Morgan fingerprint density at radius 3 is 2.80 bits per heavy atom. The topological polar surface area (TPSA) is 52.6 Å². The molecular formula is C11H14N2O2. The number of rotatable bonds is 3. The van der Waals surface area contributed by atoms with E-state index in [1.165, 1.54) is 4.90 Å². The van der Waals surface area contributed by atoms with Gasteiger partial charge in [0.2, 0.25) is 5.91 Å². The Morgan fingerprint density at radius 2 is 2.13 bits per heavy atom. The molecule has 1 heterocycles. The van der Waals surface area contributed by atoms with Crippen LogP contribution in [0.2, 0.25) is 0 Å². The molecule has 0 spiro atoms. The predicted octanol–water partition coefficient (Wildman–Crippen LogP) is -0.0632. The largest absolute Gasteiger partial charge is 0.376 e. The maximum Gasteiger partial charge on any atom is 0.239 e. The van der Waals surface area contributed by atoms with Crippen molar-refractivity contribution in [3.63, 3.8) is 0 Å². The molecule has 2 rings (SSSR count). The SMILES string of the molecule is O=C1CNC(Cc2ccccc2)N1CO. The summed E-state index contributed by atoms with van der Waals surface area (Å²) in [5, 5.41) is 12.1. The highest BCUT2D eigenvalue weighted by atomic mass is 16.3. The van der Waals surface area contributed by atoms with Crippen LogP contribution in [0.25, 0.3) is 0 Å². The van der Waals surface area contributed by atoms with E-state index in [9.17, 15) is 4.79 Å². The smallest absolute Gasteiger partial charge is 0.239 e. The van der Waals surface area contributed by atoms with E-state index in [-0.39, 0.29) is 18.8 Å². The number of hydrogen-bond donors (Lipinski definition) is 2. The molecule has 0 saturated carbocycles. The summed E-state index contributed by atoms with van der Waals surface area (Å²) in [6.45, 7) is 0.0986. The van der Waals surface area contributed by atoms with Crippen LogP contribution in [0.1, 0.15) is 5.56 Å². The number of aliphatic hydroxyl groups is 1.